The van der Waals surface area contributed by atoms with Gasteiger partial charge in [0.15, 0.2) is 0 Å². The minimum Gasteiger partial charge on any atom is -0.348 e. The number of carbonyl (C=O) groups is 2. The molecule has 0 radical (unpaired) electrons. The molecule has 0 fully saturated rings. The Morgan fingerprint density at radius 2 is 1.30 bits per heavy atom. The maximum atomic E-state index is 12.3. The second-order valence-electron chi connectivity index (χ2n) is 5.94. The number of nitrogens with one attached hydrogen (secondary N) is 2. The Hall–Kier alpha value is -3.18. The van der Waals surface area contributed by atoms with Crippen LogP contribution in [0.5, 0.6) is 0 Å². The fourth-order valence-electron chi connectivity index (χ4n) is 2.46. The van der Waals surface area contributed by atoms with Gasteiger partial charge in [-0.1, -0.05) is 54.1 Å². The number of aromatic nitrogens is 1. The molecule has 0 aliphatic carbocycles. The lowest BCUT2D eigenvalue weighted by Crippen LogP contribution is -2.25. The summed E-state index contributed by atoms with van der Waals surface area (Å²) in [6.07, 6.45) is 2.88. The number of hydrogen-bond donors (Lipinski definition) is 2. The first-order chi connectivity index (χ1) is 13.1. The third kappa shape index (κ3) is 5.39. The van der Waals surface area contributed by atoms with Crippen molar-refractivity contribution in [3.63, 3.8) is 0 Å². The first-order valence-corrected chi connectivity index (χ1v) is 8.79. The lowest BCUT2D eigenvalue weighted by atomic mass is 10.1. The number of halogens is 1. The Labute approximate surface area is 162 Å². The summed E-state index contributed by atoms with van der Waals surface area (Å²) in [4.78, 5) is 28.6. The summed E-state index contributed by atoms with van der Waals surface area (Å²) in [6.45, 7) is 0.771. The van der Waals surface area contributed by atoms with Crippen LogP contribution in [0.1, 0.15) is 31.8 Å². The van der Waals surface area contributed by atoms with E-state index in [4.69, 9.17) is 11.6 Å². The molecule has 3 rings (SSSR count). The highest BCUT2D eigenvalue weighted by molar-refractivity contribution is 6.30. The Kier molecular flexibility index (Phi) is 6.18. The van der Waals surface area contributed by atoms with E-state index in [9.17, 15) is 9.59 Å². The van der Waals surface area contributed by atoms with Gasteiger partial charge in [0.05, 0.1) is 11.1 Å². The van der Waals surface area contributed by atoms with E-state index in [1.165, 1.54) is 18.5 Å². The van der Waals surface area contributed by atoms with Gasteiger partial charge in [-0.05, 0) is 29.3 Å². The van der Waals surface area contributed by atoms with Gasteiger partial charge in [0, 0.05) is 30.5 Å². The topological polar surface area (TPSA) is 71.1 Å². The van der Waals surface area contributed by atoms with Gasteiger partial charge in [-0.15, -0.1) is 0 Å². The van der Waals surface area contributed by atoms with Crippen LogP contribution in [0.25, 0.3) is 0 Å². The molecule has 2 N–H and O–H groups in total. The van der Waals surface area contributed by atoms with Crippen LogP contribution in [0.3, 0.4) is 0 Å². The van der Waals surface area contributed by atoms with Gasteiger partial charge in [-0.25, -0.2) is 0 Å². The first-order valence-electron chi connectivity index (χ1n) is 8.41. The number of rotatable bonds is 6. The standard InChI is InChI=1S/C21H18ClN3O2/c22-19-8-6-16(7-9-19)12-25-21(27)18-10-17(13-23-14-18)20(26)24-11-15-4-2-1-3-5-15/h1-10,13-14H,11-12H2,(H,24,26)(H,25,27). The smallest absolute Gasteiger partial charge is 0.253 e. The average molecular weight is 380 g/mol. The Morgan fingerprint density at radius 3 is 1.85 bits per heavy atom. The Bertz CT molecular complexity index is 928. The summed E-state index contributed by atoms with van der Waals surface area (Å²) in [5.41, 5.74) is 2.59. The maximum absolute atomic E-state index is 12.3. The van der Waals surface area contributed by atoms with E-state index in [2.05, 4.69) is 15.6 Å². The molecule has 0 saturated carbocycles. The van der Waals surface area contributed by atoms with Crippen molar-refractivity contribution < 1.29 is 9.59 Å². The summed E-state index contributed by atoms with van der Waals surface area (Å²) >= 11 is 5.85. The molecule has 0 spiro atoms. The number of carbonyl (C=O) groups excluding carboxylic acids is 2. The fraction of sp³-hybridized carbons (Fsp3) is 0.0952. The molecule has 0 aliphatic heterocycles. The summed E-state index contributed by atoms with van der Waals surface area (Å²) in [6, 6.07) is 18.3. The molecule has 0 saturated heterocycles. The van der Waals surface area contributed by atoms with Crippen LogP contribution in [-0.4, -0.2) is 16.8 Å². The zero-order valence-corrected chi connectivity index (χ0v) is 15.2. The zero-order valence-electron chi connectivity index (χ0n) is 14.5. The Balaban J connectivity index is 1.59. The molecule has 1 heterocycles. The van der Waals surface area contributed by atoms with Crippen molar-refractivity contribution in [2.45, 2.75) is 13.1 Å². The maximum Gasteiger partial charge on any atom is 0.253 e. The molecule has 27 heavy (non-hydrogen) atoms. The van der Waals surface area contributed by atoms with E-state index < -0.39 is 0 Å². The number of nitrogens with zero attached hydrogens (tertiary/aromatic N) is 1. The lowest BCUT2D eigenvalue weighted by Gasteiger charge is -2.08. The van der Waals surface area contributed by atoms with E-state index in [0.717, 1.165) is 11.1 Å². The number of benzene rings is 2. The average Bonchev–Trinajstić information content (AvgIpc) is 2.72. The predicted octanol–water partition coefficient (Wildman–Crippen LogP) is 3.60. The van der Waals surface area contributed by atoms with Gasteiger partial charge in [0.2, 0.25) is 0 Å². The molecule has 0 bridgehead atoms. The molecule has 6 heteroatoms. The van der Waals surface area contributed by atoms with E-state index in [-0.39, 0.29) is 11.8 Å². The number of pyridine rings is 1. The van der Waals surface area contributed by atoms with Crippen LogP contribution in [0.4, 0.5) is 0 Å². The highest BCUT2D eigenvalue weighted by Crippen LogP contribution is 2.10. The lowest BCUT2D eigenvalue weighted by molar-refractivity contribution is 0.0950. The van der Waals surface area contributed by atoms with Crippen LogP contribution >= 0.6 is 11.6 Å². The van der Waals surface area contributed by atoms with Gasteiger partial charge in [-0.2, -0.15) is 0 Å². The molecule has 0 unspecified atom stereocenters. The molecule has 5 nitrogen and oxygen atoms in total. The van der Waals surface area contributed by atoms with Crippen LogP contribution in [-0.2, 0) is 13.1 Å². The summed E-state index contributed by atoms with van der Waals surface area (Å²) in [5, 5.41) is 6.27. The predicted molar refractivity (Wildman–Crippen MR) is 104 cm³/mol. The number of hydrogen-bond acceptors (Lipinski definition) is 3. The summed E-state index contributed by atoms with van der Waals surface area (Å²) in [5.74, 6) is -0.575. The molecule has 1 aromatic heterocycles. The second-order valence-corrected chi connectivity index (χ2v) is 6.38. The largest absolute Gasteiger partial charge is 0.348 e. The van der Waals surface area contributed by atoms with Crippen LogP contribution in [0.15, 0.2) is 73.1 Å². The zero-order chi connectivity index (χ0) is 19.1. The van der Waals surface area contributed by atoms with Crippen molar-refractivity contribution in [3.05, 3.63) is 100 Å². The van der Waals surface area contributed by atoms with Crippen molar-refractivity contribution in [3.8, 4) is 0 Å². The van der Waals surface area contributed by atoms with Crippen LogP contribution in [0, 0.1) is 0 Å². The molecular weight excluding hydrogens is 362 g/mol. The van der Waals surface area contributed by atoms with Crippen LogP contribution in [0.2, 0.25) is 5.02 Å². The van der Waals surface area contributed by atoms with Gasteiger partial charge in [0.25, 0.3) is 11.8 Å². The SMILES string of the molecule is O=C(NCc1ccccc1)c1cncc(C(=O)NCc2ccc(Cl)cc2)c1. The summed E-state index contributed by atoms with van der Waals surface area (Å²) < 4.78 is 0. The van der Waals surface area contributed by atoms with Crippen molar-refractivity contribution >= 4 is 23.4 Å². The van der Waals surface area contributed by atoms with E-state index in [1.807, 2.05) is 42.5 Å². The van der Waals surface area contributed by atoms with E-state index in [0.29, 0.717) is 29.2 Å². The van der Waals surface area contributed by atoms with Crippen molar-refractivity contribution in [2.75, 3.05) is 0 Å². The van der Waals surface area contributed by atoms with Gasteiger partial charge in [0.1, 0.15) is 0 Å². The third-order valence-corrected chi connectivity index (χ3v) is 4.18. The molecule has 2 aromatic carbocycles. The quantitative estimate of drug-likeness (QED) is 0.687. The van der Waals surface area contributed by atoms with E-state index >= 15 is 0 Å². The monoisotopic (exact) mass is 379 g/mol. The van der Waals surface area contributed by atoms with Crippen molar-refractivity contribution in [1.82, 2.24) is 15.6 Å². The fourth-order valence-corrected chi connectivity index (χ4v) is 2.58. The summed E-state index contributed by atoms with van der Waals surface area (Å²) in [7, 11) is 0. The molecule has 2 amide bonds. The molecule has 0 atom stereocenters. The van der Waals surface area contributed by atoms with Gasteiger partial charge < -0.3 is 10.6 Å². The Morgan fingerprint density at radius 1 is 0.778 bits per heavy atom. The van der Waals surface area contributed by atoms with Crippen LogP contribution < -0.4 is 10.6 Å². The van der Waals surface area contributed by atoms with Gasteiger partial charge >= 0.3 is 0 Å². The first kappa shape index (κ1) is 18.6. The molecule has 0 aliphatic rings. The normalized spacial score (nSPS) is 10.3. The molecular formula is C21H18ClN3O2. The highest BCUT2D eigenvalue weighted by atomic mass is 35.5. The molecule has 136 valence electrons. The second kappa shape index (κ2) is 8.96. The number of amides is 2. The third-order valence-electron chi connectivity index (χ3n) is 3.92. The van der Waals surface area contributed by atoms with Crippen molar-refractivity contribution in [2.24, 2.45) is 0 Å². The minimum atomic E-state index is -0.296. The van der Waals surface area contributed by atoms with Gasteiger partial charge in [-0.3, -0.25) is 14.6 Å². The minimum absolute atomic E-state index is 0.279. The van der Waals surface area contributed by atoms with E-state index in [1.54, 1.807) is 12.1 Å². The highest BCUT2D eigenvalue weighted by Gasteiger charge is 2.11. The molecule has 3 aromatic rings. The van der Waals surface area contributed by atoms with Crippen molar-refractivity contribution in [1.29, 1.82) is 0 Å².